The molecule has 4 heteroatoms. The van der Waals surface area contributed by atoms with Gasteiger partial charge in [0.25, 0.3) is 0 Å². The second-order valence-corrected chi connectivity index (χ2v) is 5.44. The molecule has 1 heterocycles. The molecule has 0 unspecified atom stereocenters. The quantitative estimate of drug-likeness (QED) is 0.863. The summed E-state index contributed by atoms with van der Waals surface area (Å²) in [7, 11) is 0. The number of rotatable bonds is 6. The Hall–Kier alpha value is -1.39. The van der Waals surface area contributed by atoms with Gasteiger partial charge in [-0.3, -0.25) is 14.6 Å². The number of hydrogen-bond acceptors (Lipinski definition) is 3. The van der Waals surface area contributed by atoms with Crippen LogP contribution < -0.4 is 0 Å². The Morgan fingerprint density at radius 3 is 2.40 bits per heavy atom. The van der Waals surface area contributed by atoms with Crippen molar-refractivity contribution in [2.45, 2.75) is 32.4 Å². The molecule has 1 aliphatic heterocycles. The predicted molar refractivity (Wildman–Crippen MR) is 79.6 cm³/mol. The maximum absolute atomic E-state index is 11.3. The van der Waals surface area contributed by atoms with E-state index in [4.69, 9.17) is 0 Å². The van der Waals surface area contributed by atoms with E-state index in [1.807, 2.05) is 13.0 Å². The number of carbonyl (C=O) groups is 1. The zero-order chi connectivity index (χ0) is 14.4. The van der Waals surface area contributed by atoms with Crippen LogP contribution in [-0.2, 0) is 11.3 Å². The summed E-state index contributed by atoms with van der Waals surface area (Å²) in [5.41, 5.74) is 1.32. The summed E-state index contributed by atoms with van der Waals surface area (Å²) in [6, 6.07) is 10.1. The molecule has 20 heavy (non-hydrogen) atoms. The van der Waals surface area contributed by atoms with Gasteiger partial charge in [-0.05, 0) is 12.0 Å². The van der Waals surface area contributed by atoms with Gasteiger partial charge >= 0.3 is 5.97 Å². The molecule has 1 aromatic carbocycles. The first-order valence-corrected chi connectivity index (χ1v) is 7.44. The molecule has 0 aromatic heterocycles. The first-order valence-electron chi connectivity index (χ1n) is 7.44. The van der Waals surface area contributed by atoms with Crippen LogP contribution in [0.5, 0.6) is 0 Å². The van der Waals surface area contributed by atoms with E-state index in [0.29, 0.717) is 0 Å². The molecule has 110 valence electrons. The van der Waals surface area contributed by atoms with Crippen LogP contribution >= 0.6 is 0 Å². The highest BCUT2D eigenvalue weighted by atomic mass is 16.4. The average molecular weight is 276 g/mol. The first kappa shape index (κ1) is 15.0. The smallest absolute Gasteiger partial charge is 0.320 e. The average Bonchev–Trinajstić information content (AvgIpc) is 2.47. The summed E-state index contributed by atoms with van der Waals surface area (Å²) in [6.07, 6.45) is 1.66. The number of hydrogen-bond donors (Lipinski definition) is 1. The van der Waals surface area contributed by atoms with E-state index >= 15 is 0 Å². The molecule has 1 aliphatic rings. The van der Waals surface area contributed by atoms with Crippen LogP contribution in [0.15, 0.2) is 30.3 Å². The van der Waals surface area contributed by atoms with Crippen LogP contribution in [0.4, 0.5) is 0 Å². The van der Waals surface area contributed by atoms with Crippen LogP contribution in [0.1, 0.15) is 25.3 Å². The summed E-state index contributed by atoms with van der Waals surface area (Å²) in [4.78, 5) is 15.8. The Kier molecular flexibility index (Phi) is 5.56. The molecule has 0 saturated carbocycles. The zero-order valence-corrected chi connectivity index (χ0v) is 12.2. The van der Waals surface area contributed by atoms with Crippen molar-refractivity contribution in [1.82, 2.24) is 9.80 Å². The highest BCUT2D eigenvalue weighted by molar-refractivity contribution is 5.73. The summed E-state index contributed by atoms with van der Waals surface area (Å²) in [6.45, 7) is 6.60. The van der Waals surface area contributed by atoms with Gasteiger partial charge in [0, 0.05) is 32.7 Å². The second-order valence-electron chi connectivity index (χ2n) is 5.44. The predicted octanol–water partition coefficient (Wildman–Crippen LogP) is 2.06. The van der Waals surface area contributed by atoms with Gasteiger partial charge in [-0.2, -0.15) is 0 Å². The van der Waals surface area contributed by atoms with Gasteiger partial charge in [-0.25, -0.2) is 0 Å². The largest absolute Gasteiger partial charge is 0.480 e. The third-order valence-corrected chi connectivity index (χ3v) is 3.94. The third-order valence-electron chi connectivity index (χ3n) is 3.94. The molecule has 1 aromatic rings. The van der Waals surface area contributed by atoms with Gasteiger partial charge in [0.2, 0.25) is 0 Å². The molecule has 0 aliphatic carbocycles. The molecule has 2 rings (SSSR count). The molecular weight excluding hydrogens is 252 g/mol. The Labute approximate surface area is 121 Å². The number of nitrogens with zero attached hydrogens (tertiary/aromatic N) is 2. The molecule has 4 nitrogen and oxygen atoms in total. The second kappa shape index (κ2) is 7.41. The van der Waals surface area contributed by atoms with E-state index in [1.54, 1.807) is 0 Å². The van der Waals surface area contributed by atoms with Crippen molar-refractivity contribution in [3.05, 3.63) is 35.9 Å². The fraction of sp³-hybridized carbons (Fsp3) is 0.562. The first-order chi connectivity index (χ1) is 9.70. The van der Waals surface area contributed by atoms with Crippen molar-refractivity contribution in [3.63, 3.8) is 0 Å². The Morgan fingerprint density at radius 1 is 1.20 bits per heavy atom. The molecule has 0 bridgehead atoms. The lowest BCUT2D eigenvalue weighted by Gasteiger charge is -2.37. The van der Waals surface area contributed by atoms with Gasteiger partial charge in [0.1, 0.15) is 6.04 Å². The van der Waals surface area contributed by atoms with E-state index in [1.165, 1.54) is 5.56 Å². The Morgan fingerprint density at radius 2 is 1.85 bits per heavy atom. The van der Waals surface area contributed by atoms with Crippen LogP contribution in [0.3, 0.4) is 0 Å². The normalized spacial score (nSPS) is 18.9. The molecule has 0 radical (unpaired) electrons. The van der Waals surface area contributed by atoms with Crippen LogP contribution in [-0.4, -0.2) is 53.1 Å². The van der Waals surface area contributed by atoms with Crippen LogP contribution in [0.2, 0.25) is 0 Å². The molecule has 1 fully saturated rings. The van der Waals surface area contributed by atoms with E-state index in [-0.39, 0.29) is 6.04 Å². The molecule has 0 spiro atoms. The van der Waals surface area contributed by atoms with Crippen molar-refractivity contribution in [2.75, 3.05) is 26.2 Å². The molecule has 1 saturated heterocycles. The lowest BCUT2D eigenvalue weighted by atomic mass is 10.1. The van der Waals surface area contributed by atoms with Crippen LogP contribution in [0.25, 0.3) is 0 Å². The van der Waals surface area contributed by atoms with E-state index in [0.717, 1.165) is 45.6 Å². The minimum absolute atomic E-state index is 0.307. The van der Waals surface area contributed by atoms with E-state index in [2.05, 4.69) is 34.1 Å². The van der Waals surface area contributed by atoms with Crippen molar-refractivity contribution < 1.29 is 9.90 Å². The van der Waals surface area contributed by atoms with Crippen LogP contribution in [0, 0.1) is 0 Å². The highest BCUT2D eigenvalue weighted by Crippen LogP contribution is 2.13. The summed E-state index contributed by atoms with van der Waals surface area (Å²) in [5, 5.41) is 9.30. The maximum Gasteiger partial charge on any atom is 0.320 e. The monoisotopic (exact) mass is 276 g/mol. The minimum atomic E-state index is -0.677. The third kappa shape index (κ3) is 4.05. The summed E-state index contributed by atoms with van der Waals surface area (Å²) in [5.74, 6) is -0.677. The van der Waals surface area contributed by atoms with Crippen molar-refractivity contribution in [2.24, 2.45) is 0 Å². The van der Waals surface area contributed by atoms with E-state index in [9.17, 15) is 9.90 Å². The molecule has 0 amide bonds. The number of benzene rings is 1. The van der Waals surface area contributed by atoms with Gasteiger partial charge < -0.3 is 5.11 Å². The van der Waals surface area contributed by atoms with Crippen molar-refractivity contribution in [1.29, 1.82) is 0 Å². The Bertz CT molecular complexity index is 414. The van der Waals surface area contributed by atoms with Crippen molar-refractivity contribution in [3.8, 4) is 0 Å². The standard InChI is InChI=1S/C16H24N2O2/c1-2-6-15(16(19)20)18-11-9-17(10-12-18)13-14-7-4-3-5-8-14/h3-5,7-8,15H,2,6,9-13H2,1H3,(H,19,20)/t15-/m1/s1. The summed E-state index contributed by atoms with van der Waals surface area (Å²) < 4.78 is 0. The van der Waals surface area contributed by atoms with E-state index < -0.39 is 5.97 Å². The van der Waals surface area contributed by atoms with Gasteiger partial charge in [0.05, 0.1) is 0 Å². The fourth-order valence-electron chi connectivity index (χ4n) is 2.81. The number of aliphatic carboxylic acids is 1. The lowest BCUT2D eigenvalue weighted by molar-refractivity contribution is -0.144. The fourth-order valence-corrected chi connectivity index (χ4v) is 2.81. The lowest BCUT2D eigenvalue weighted by Crippen LogP contribution is -2.52. The SMILES string of the molecule is CCC[C@H](C(=O)O)N1CCN(Cc2ccccc2)CC1. The molecular formula is C16H24N2O2. The summed E-state index contributed by atoms with van der Waals surface area (Å²) >= 11 is 0. The van der Waals surface area contributed by atoms with Crippen molar-refractivity contribution >= 4 is 5.97 Å². The Balaban J connectivity index is 1.84. The minimum Gasteiger partial charge on any atom is -0.480 e. The number of piperazine rings is 1. The molecule has 1 N–H and O–H groups in total. The zero-order valence-electron chi connectivity index (χ0n) is 12.2. The molecule has 1 atom stereocenters. The highest BCUT2D eigenvalue weighted by Gasteiger charge is 2.27. The van der Waals surface area contributed by atoms with Gasteiger partial charge in [0.15, 0.2) is 0 Å². The number of carboxylic acid groups (broad SMARTS) is 1. The van der Waals surface area contributed by atoms with Gasteiger partial charge in [-0.15, -0.1) is 0 Å². The topological polar surface area (TPSA) is 43.8 Å². The van der Waals surface area contributed by atoms with Gasteiger partial charge in [-0.1, -0.05) is 43.7 Å². The number of carboxylic acids is 1. The maximum atomic E-state index is 11.3.